The van der Waals surface area contributed by atoms with Gasteiger partial charge in [-0.15, -0.1) is 0 Å². The van der Waals surface area contributed by atoms with E-state index in [1.54, 1.807) is 0 Å². The molecule has 3 heterocycles. The van der Waals surface area contributed by atoms with Gasteiger partial charge in [0.2, 0.25) is 0 Å². The maximum absolute atomic E-state index is 12.9. The number of urea groups is 1. The van der Waals surface area contributed by atoms with Crippen LogP contribution in [-0.4, -0.2) is 57.9 Å². The number of rotatable bonds is 10. The fourth-order valence-electron chi connectivity index (χ4n) is 7.55. The summed E-state index contributed by atoms with van der Waals surface area (Å²) in [4.78, 5) is 30.4. The molecule has 0 radical (unpaired) electrons. The largest absolute Gasteiger partial charge is 0.392 e. The number of imidazole rings is 1. The molecular formula is C41H47N5O5. The summed E-state index contributed by atoms with van der Waals surface area (Å²) in [5.74, 6) is 0.0683. The third kappa shape index (κ3) is 7.64. The van der Waals surface area contributed by atoms with E-state index in [1.165, 1.54) is 0 Å². The number of fused-ring (bicyclic) bond motifs is 1. The van der Waals surface area contributed by atoms with Crippen LogP contribution < -0.4 is 16.3 Å². The molecule has 2 amide bonds. The zero-order chi connectivity index (χ0) is 35.3. The highest BCUT2D eigenvalue weighted by Gasteiger charge is 2.39. The number of aromatic nitrogens is 2. The number of amides is 2. The lowest BCUT2D eigenvalue weighted by atomic mass is 9.89. The quantitative estimate of drug-likeness (QED) is 0.134. The second-order valence-corrected chi connectivity index (χ2v) is 13.7. The van der Waals surface area contributed by atoms with Gasteiger partial charge in [-0.25, -0.2) is 9.59 Å². The minimum absolute atomic E-state index is 0.00613. The lowest BCUT2D eigenvalue weighted by molar-refractivity contribution is -0.276. The molecule has 10 nitrogen and oxygen atoms in total. The molecule has 10 heteroatoms. The van der Waals surface area contributed by atoms with Gasteiger partial charge in [-0.3, -0.25) is 4.57 Å². The summed E-state index contributed by atoms with van der Waals surface area (Å²) in [6.45, 7) is 7.57. The number of nitrogens with zero attached hydrogens (tertiary/aromatic N) is 2. The van der Waals surface area contributed by atoms with Gasteiger partial charge in [0.15, 0.2) is 6.29 Å². The Morgan fingerprint density at radius 2 is 1.59 bits per heavy atom. The summed E-state index contributed by atoms with van der Waals surface area (Å²) < 4.78 is 15.5. The van der Waals surface area contributed by atoms with Crippen molar-refractivity contribution in [2.75, 3.05) is 26.2 Å². The number of aromatic amines is 1. The molecule has 51 heavy (non-hydrogen) atoms. The number of hydrogen-bond donors (Lipinski definition) is 4. The van der Waals surface area contributed by atoms with Crippen LogP contribution in [0.2, 0.25) is 0 Å². The number of aliphatic hydroxyl groups is 1. The fraction of sp³-hybridized carbons (Fsp3) is 0.366. The van der Waals surface area contributed by atoms with E-state index in [-0.39, 0.29) is 42.5 Å². The van der Waals surface area contributed by atoms with Crippen LogP contribution >= 0.6 is 0 Å². The number of nitrogens with one attached hydrogen (secondary N) is 3. The number of aliphatic hydroxyl groups excluding tert-OH is 1. The average molecular weight is 690 g/mol. The number of benzene rings is 4. The van der Waals surface area contributed by atoms with Crippen LogP contribution in [0.1, 0.15) is 67.4 Å². The molecular weight excluding hydrogens is 642 g/mol. The summed E-state index contributed by atoms with van der Waals surface area (Å²) in [5, 5.41) is 15.4. The Kier molecular flexibility index (Phi) is 10.6. The van der Waals surface area contributed by atoms with Gasteiger partial charge in [-0.1, -0.05) is 91.9 Å². The Morgan fingerprint density at radius 3 is 2.33 bits per heavy atom. The van der Waals surface area contributed by atoms with E-state index < -0.39 is 6.29 Å². The van der Waals surface area contributed by atoms with E-state index in [0.717, 1.165) is 76.9 Å². The van der Waals surface area contributed by atoms with Gasteiger partial charge in [0, 0.05) is 50.2 Å². The van der Waals surface area contributed by atoms with Crippen molar-refractivity contribution in [2.45, 2.75) is 64.4 Å². The first-order valence-electron chi connectivity index (χ1n) is 18.0. The lowest BCUT2D eigenvalue weighted by Crippen LogP contribution is -2.47. The third-order valence-corrected chi connectivity index (χ3v) is 10.4. The summed E-state index contributed by atoms with van der Waals surface area (Å²) >= 11 is 0. The maximum atomic E-state index is 12.9. The highest BCUT2D eigenvalue weighted by atomic mass is 16.7. The Hall–Kier alpha value is -4.74. The predicted octanol–water partition coefficient (Wildman–Crippen LogP) is 6.44. The number of carbonyl (C=O) groups excluding carboxylic acids is 1. The number of piperidine rings is 1. The zero-order valence-corrected chi connectivity index (χ0v) is 29.3. The van der Waals surface area contributed by atoms with Crippen molar-refractivity contribution in [2.24, 2.45) is 5.92 Å². The van der Waals surface area contributed by atoms with Crippen LogP contribution in [0.5, 0.6) is 0 Å². The van der Waals surface area contributed by atoms with Gasteiger partial charge in [-0.2, -0.15) is 0 Å². The molecule has 4 atom stereocenters. The van der Waals surface area contributed by atoms with E-state index >= 15 is 0 Å². The molecule has 0 aliphatic carbocycles. The van der Waals surface area contributed by atoms with Crippen molar-refractivity contribution < 1.29 is 19.4 Å². The molecule has 4 aromatic carbocycles. The lowest BCUT2D eigenvalue weighted by Gasteiger charge is -2.44. The number of para-hydroxylation sites is 2. The molecule has 5 aromatic rings. The van der Waals surface area contributed by atoms with Crippen LogP contribution in [0.15, 0.2) is 102 Å². The predicted molar refractivity (Wildman–Crippen MR) is 198 cm³/mol. The van der Waals surface area contributed by atoms with Crippen molar-refractivity contribution in [3.63, 3.8) is 0 Å². The van der Waals surface area contributed by atoms with Crippen molar-refractivity contribution in [3.8, 4) is 11.1 Å². The number of H-pyrrole nitrogens is 1. The number of carbonyl (C=O) groups is 1. The van der Waals surface area contributed by atoms with E-state index in [4.69, 9.17) is 9.47 Å². The molecule has 1 aromatic heterocycles. The Balaban J connectivity index is 1.08. The molecule has 2 saturated heterocycles. The van der Waals surface area contributed by atoms with Crippen LogP contribution in [0.25, 0.3) is 22.2 Å². The van der Waals surface area contributed by atoms with Crippen molar-refractivity contribution in [1.82, 2.24) is 25.1 Å². The molecule has 2 fully saturated rings. The molecule has 0 saturated carbocycles. The Bertz CT molecular complexity index is 1980. The fourth-order valence-corrected chi connectivity index (χ4v) is 7.55. The monoisotopic (exact) mass is 689 g/mol. The first kappa shape index (κ1) is 34.7. The van der Waals surface area contributed by atoms with Crippen LogP contribution in [0, 0.1) is 5.92 Å². The second kappa shape index (κ2) is 15.7. The first-order valence-corrected chi connectivity index (χ1v) is 18.0. The van der Waals surface area contributed by atoms with Crippen LogP contribution in [0.3, 0.4) is 0 Å². The summed E-state index contributed by atoms with van der Waals surface area (Å²) in [6.07, 6.45) is 0.899. The van der Waals surface area contributed by atoms with Crippen LogP contribution in [-0.2, 0) is 22.6 Å². The average Bonchev–Trinajstić information content (AvgIpc) is 3.51. The van der Waals surface area contributed by atoms with Gasteiger partial charge in [0.1, 0.15) is 0 Å². The van der Waals surface area contributed by atoms with E-state index in [1.807, 2.05) is 78.2 Å². The first-order chi connectivity index (χ1) is 24.9. The minimum atomic E-state index is -0.570. The van der Waals surface area contributed by atoms with Gasteiger partial charge in [0.25, 0.3) is 0 Å². The minimum Gasteiger partial charge on any atom is -0.392 e. The molecule has 4 unspecified atom stereocenters. The van der Waals surface area contributed by atoms with Gasteiger partial charge >= 0.3 is 11.7 Å². The number of ether oxygens (including phenoxy) is 2. The molecule has 0 spiro atoms. The van der Waals surface area contributed by atoms with Crippen molar-refractivity contribution in [3.05, 3.63) is 130 Å². The van der Waals surface area contributed by atoms with Crippen molar-refractivity contribution >= 4 is 17.1 Å². The molecule has 2 aliphatic heterocycles. The molecule has 7 rings (SSSR count). The Labute approximate surface area is 298 Å². The number of hydrogen-bond acceptors (Lipinski definition) is 6. The molecule has 4 N–H and O–H groups in total. The number of likely N-dealkylation sites (tertiary alicyclic amines) is 1. The SMILES string of the molecule is CCNC(=O)NCc1ccccc1-c1ccc(C2OC(CN3CCC(n4c(=O)[nH]c5ccccc54)CC3)C(C)C(c3ccc(CO)cc3)O2)cc1. The van der Waals surface area contributed by atoms with E-state index in [9.17, 15) is 14.7 Å². The van der Waals surface area contributed by atoms with Crippen molar-refractivity contribution in [1.29, 1.82) is 0 Å². The smallest absolute Gasteiger partial charge is 0.326 e. The highest BCUT2D eigenvalue weighted by Crippen LogP contribution is 2.42. The summed E-state index contributed by atoms with van der Waals surface area (Å²) in [5.41, 5.74) is 7.78. The highest BCUT2D eigenvalue weighted by molar-refractivity contribution is 5.75. The second-order valence-electron chi connectivity index (χ2n) is 13.7. The molecule has 266 valence electrons. The Morgan fingerprint density at radius 1 is 0.882 bits per heavy atom. The summed E-state index contributed by atoms with van der Waals surface area (Å²) in [6, 6.07) is 32.3. The zero-order valence-electron chi connectivity index (χ0n) is 29.3. The standard InChI is InChI=1S/C41H47N5O5/c1-3-42-40(48)43-24-32-8-4-5-9-34(32)29-16-18-31(19-17-29)39-50-37(27(2)38(51-39)30-14-12-28(26-47)13-15-30)25-45-22-20-33(21-23-45)46-36-11-7-6-10-35(36)44-41(46)49/h4-19,27,33,37-39,47H,3,20-26H2,1-2H3,(H,44,49)(H2,42,43,48). The topological polar surface area (TPSA) is 121 Å². The van der Waals surface area contributed by atoms with Crippen LogP contribution in [0.4, 0.5) is 4.79 Å². The van der Waals surface area contributed by atoms with E-state index in [0.29, 0.717) is 13.1 Å². The van der Waals surface area contributed by atoms with E-state index in [2.05, 4.69) is 57.8 Å². The summed E-state index contributed by atoms with van der Waals surface area (Å²) in [7, 11) is 0. The normalized spacial score (nSPS) is 21.5. The van der Waals surface area contributed by atoms with Gasteiger partial charge < -0.3 is 35.1 Å². The van der Waals surface area contributed by atoms with Gasteiger partial charge in [0.05, 0.1) is 29.8 Å². The maximum Gasteiger partial charge on any atom is 0.326 e. The van der Waals surface area contributed by atoms with Gasteiger partial charge in [-0.05, 0) is 59.7 Å². The molecule has 0 bridgehead atoms. The molecule has 2 aliphatic rings. The third-order valence-electron chi connectivity index (χ3n) is 10.4.